The van der Waals surface area contributed by atoms with Gasteiger partial charge in [0, 0.05) is 19.6 Å². The molecule has 3 rings (SSSR count). The third-order valence-electron chi connectivity index (χ3n) is 4.73. The number of carbonyl (C=O) groups excluding carboxylic acids is 1. The summed E-state index contributed by atoms with van der Waals surface area (Å²) in [5, 5.41) is 2.90. The summed E-state index contributed by atoms with van der Waals surface area (Å²) < 4.78 is 28.0. The van der Waals surface area contributed by atoms with Gasteiger partial charge in [-0.15, -0.1) is 0 Å². The molecule has 1 aliphatic rings. The first-order chi connectivity index (χ1) is 12.5. The average Bonchev–Trinajstić information content (AvgIpc) is 3.26. The predicted octanol–water partition coefficient (Wildman–Crippen LogP) is 1.75. The summed E-state index contributed by atoms with van der Waals surface area (Å²) in [6, 6.07) is 7.38. The quantitative estimate of drug-likeness (QED) is 0.709. The van der Waals surface area contributed by atoms with Crippen LogP contribution in [0.1, 0.15) is 32.6 Å². The summed E-state index contributed by atoms with van der Waals surface area (Å²) >= 11 is 0. The van der Waals surface area contributed by atoms with Gasteiger partial charge in [0.1, 0.15) is 6.04 Å². The number of rotatable bonds is 8. The third kappa shape index (κ3) is 4.07. The Kier molecular flexibility index (Phi) is 5.93. The second-order valence-electron chi connectivity index (χ2n) is 6.66. The molecule has 1 aliphatic heterocycles. The van der Waals surface area contributed by atoms with E-state index >= 15 is 0 Å². The van der Waals surface area contributed by atoms with E-state index in [1.165, 1.54) is 4.31 Å². The maximum atomic E-state index is 12.4. The molecule has 2 aromatic rings. The molecule has 2 heterocycles. The number of aryl methyl sites for hydroxylation is 1. The van der Waals surface area contributed by atoms with Crippen molar-refractivity contribution in [3.05, 3.63) is 30.6 Å². The van der Waals surface area contributed by atoms with E-state index in [1.54, 1.807) is 0 Å². The van der Waals surface area contributed by atoms with Crippen molar-refractivity contribution in [3.63, 3.8) is 0 Å². The van der Waals surface area contributed by atoms with E-state index in [9.17, 15) is 13.2 Å². The summed E-state index contributed by atoms with van der Waals surface area (Å²) in [5.41, 5.74) is 2.03. The zero-order valence-electron chi connectivity index (χ0n) is 15.1. The van der Waals surface area contributed by atoms with E-state index < -0.39 is 16.1 Å². The monoisotopic (exact) mass is 378 g/mol. The van der Waals surface area contributed by atoms with Crippen molar-refractivity contribution >= 4 is 27.0 Å². The molecular formula is C18H26N4O3S. The summed E-state index contributed by atoms with van der Waals surface area (Å²) in [6.45, 7) is 3.55. The minimum Gasteiger partial charge on any atom is -0.355 e. The number of aromatic nitrogens is 2. The fourth-order valence-corrected chi connectivity index (χ4v) is 5.22. The summed E-state index contributed by atoms with van der Waals surface area (Å²) in [7, 11) is -3.33. The Hall–Kier alpha value is -1.93. The van der Waals surface area contributed by atoms with Crippen LogP contribution in [0, 0.1) is 0 Å². The first kappa shape index (κ1) is 18.8. The molecule has 1 fully saturated rings. The van der Waals surface area contributed by atoms with Crippen LogP contribution in [0.3, 0.4) is 0 Å². The summed E-state index contributed by atoms with van der Waals surface area (Å²) in [6.07, 6.45) is 4.47. The van der Waals surface area contributed by atoms with Gasteiger partial charge < -0.3 is 9.88 Å². The molecule has 1 saturated heterocycles. The number of carbonyl (C=O) groups is 1. The molecule has 8 heteroatoms. The molecule has 0 saturated carbocycles. The SMILES string of the molecule is CCCS(=O)(=O)N1CCCC1C(=O)NCCCn1cnc2ccccc21. The zero-order valence-corrected chi connectivity index (χ0v) is 15.9. The van der Waals surface area contributed by atoms with Crippen LogP contribution in [0.4, 0.5) is 0 Å². The van der Waals surface area contributed by atoms with Crippen LogP contribution in [-0.4, -0.2) is 53.1 Å². The Morgan fingerprint density at radius 3 is 2.96 bits per heavy atom. The van der Waals surface area contributed by atoms with Crippen molar-refractivity contribution in [1.29, 1.82) is 0 Å². The lowest BCUT2D eigenvalue weighted by Crippen LogP contribution is -2.46. The number of hydrogen-bond donors (Lipinski definition) is 1. The topological polar surface area (TPSA) is 84.3 Å². The normalized spacial score (nSPS) is 18.4. The van der Waals surface area contributed by atoms with Gasteiger partial charge in [-0.3, -0.25) is 4.79 Å². The number of benzene rings is 1. The molecule has 1 N–H and O–H groups in total. The van der Waals surface area contributed by atoms with Gasteiger partial charge in [-0.25, -0.2) is 13.4 Å². The molecule has 1 aromatic carbocycles. The number of hydrogen-bond acceptors (Lipinski definition) is 4. The largest absolute Gasteiger partial charge is 0.355 e. The predicted molar refractivity (Wildman–Crippen MR) is 101 cm³/mol. The highest BCUT2D eigenvalue weighted by molar-refractivity contribution is 7.89. The fourth-order valence-electron chi connectivity index (χ4n) is 3.48. The van der Waals surface area contributed by atoms with Crippen LogP contribution in [0.5, 0.6) is 0 Å². The van der Waals surface area contributed by atoms with Gasteiger partial charge >= 0.3 is 0 Å². The third-order valence-corrected chi connectivity index (χ3v) is 6.80. The summed E-state index contributed by atoms with van der Waals surface area (Å²) in [4.78, 5) is 16.8. The molecular weight excluding hydrogens is 352 g/mol. The van der Waals surface area contributed by atoms with E-state index in [0.29, 0.717) is 25.9 Å². The van der Waals surface area contributed by atoms with Crippen LogP contribution < -0.4 is 5.32 Å². The Labute approximate surface area is 154 Å². The Balaban J connectivity index is 1.51. The van der Waals surface area contributed by atoms with E-state index in [1.807, 2.05) is 37.5 Å². The van der Waals surface area contributed by atoms with Gasteiger partial charge in [0.15, 0.2) is 0 Å². The molecule has 0 bridgehead atoms. The lowest BCUT2D eigenvalue weighted by molar-refractivity contribution is -0.124. The highest BCUT2D eigenvalue weighted by Crippen LogP contribution is 2.22. The van der Waals surface area contributed by atoms with Gasteiger partial charge in [0.2, 0.25) is 15.9 Å². The second-order valence-corrected chi connectivity index (χ2v) is 8.70. The van der Waals surface area contributed by atoms with Gasteiger partial charge in [0.25, 0.3) is 0 Å². The van der Waals surface area contributed by atoms with E-state index in [2.05, 4.69) is 14.9 Å². The number of nitrogens with one attached hydrogen (secondary N) is 1. The number of para-hydroxylation sites is 2. The standard InChI is InChI=1S/C18H26N4O3S/c1-2-13-26(24,25)22-12-5-9-17(22)18(23)19-10-6-11-21-14-20-15-7-3-4-8-16(15)21/h3-4,7-8,14,17H,2,5-6,9-13H2,1H3,(H,19,23). The minimum absolute atomic E-state index is 0.102. The fraction of sp³-hybridized carbons (Fsp3) is 0.556. The maximum Gasteiger partial charge on any atom is 0.238 e. The summed E-state index contributed by atoms with van der Waals surface area (Å²) in [5.74, 6) is -0.0810. The number of imidazole rings is 1. The van der Waals surface area contributed by atoms with E-state index in [0.717, 1.165) is 30.4 Å². The molecule has 0 aliphatic carbocycles. The van der Waals surface area contributed by atoms with Crippen LogP contribution in [-0.2, 0) is 21.4 Å². The van der Waals surface area contributed by atoms with Crippen molar-refractivity contribution in [2.75, 3.05) is 18.8 Å². The number of fused-ring (bicyclic) bond motifs is 1. The van der Waals surface area contributed by atoms with Crippen LogP contribution in [0.2, 0.25) is 0 Å². The highest BCUT2D eigenvalue weighted by Gasteiger charge is 2.37. The first-order valence-corrected chi connectivity index (χ1v) is 10.8. The Bertz CT molecular complexity index is 862. The molecule has 0 radical (unpaired) electrons. The number of sulfonamides is 1. The minimum atomic E-state index is -3.33. The van der Waals surface area contributed by atoms with Gasteiger partial charge in [-0.2, -0.15) is 4.31 Å². The van der Waals surface area contributed by atoms with Crippen molar-refractivity contribution in [1.82, 2.24) is 19.2 Å². The highest BCUT2D eigenvalue weighted by atomic mass is 32.2. The van der Waals surface area contributed by atoms with Crippen LogP contribution in [0.25, 0.3) is 11.0 Å². The first-order valence-electron chi connectivity index (χ1n) is 9.20. The van der Waals surface area contributed by atoms with Crippen LogP contribution >= 0.6 is 0 Å². The number of nitrogens with zero attached hydrogens (tertiary/aromatic N) is 3. The molecule has 1 aromatic heterocycles. The van der Waals surface area contributed by atoms with E-state index in [-0.39, 0.29) is 11.7 Å². The molecule has 7 nitrogen and oxygen atoms in total. The van der Waals surface area contributed by atoms with Crippen molar-refractivity contribution in [2.45, 2.75) is 45.2 Å². The molecule has 142 valence electrons. The maximum absolute atomic E-state index is 12.4. The zero-order chi connectivity index (χ0) is 18.6. The van der Waals surface area contributed by atoms with Gasteiger partial charge in [-0.1, -0.05) is 19.1 Å². The lowest BCUT2D eigenvalue weighted by atomic mass is 10.2. The van der Waals surface area contributed by atoms with Crippen molar-refractivity contribution < 1.29 is 13.2 Å². The average molecular weight is 378 g/mol. The molecule has 1 amide bonds. The van der Waals surface area contributed by atoms with Gasteiger partial charge in [-0.05, 0) is 37.8 Å². The van der Waals surface area contributed by atoms with Crippen LogP contribution in [0.15, 0.2) is 30.6 Å². The van der Waals surface area contributed by atoms with E-state index in [4.69, 9.17) is 0 Å². The molecule has 26 heavy (non-hydrogen) atoms. The second kappa shape index (κ2) is 8.18. The number of amides is 1. The molecule has 1 atom stereocenters. The molecule has 1 unspecified atom stereocenters. The van der Waals surface area contributed by atoms with Gasteiger partial charge in [0.05, 0.1) is 23.1 Å². The Morgan fingerprint density at radius 2 is 2.15 bits per heavy atom. The van der Waals surface area contributed by atoms with Crippen molar-refractivity contribution in [2.24, 2.45) is 0 Å². The molecule has 0 spiro atoms. The lowest BCUT2D eigenvalue weighted by Gasteiger charge is -2.23. The smallest absolute Gasteiger partial charge is 0.238 e. The Morgan fingerprint density at radius 1 is 1.35 bits per heavy atom. The van der Waals surface area contributed by atoms with Crippen molar-refractivity contribution in [3.8, 4) is 0 Å².